The second-order valence-electron chi connectivity index (χ2n) is 7.47. The van der Waals surface area contributed by atoms with Crippen LogP contribution in [0.2, 0.25) is 5.02 Å². The molecule has 1 unspecified atom stereocenters. The lowest BCUT2D eigenvalue weighted by atomic mass is 9.95. The van der Waals surface area contributed by atoms with E-state index in [0.29, 0.717) is 45.0 Å². The van der Waals surface area contributed by atoms with Crippen molar-refractivity contribution in [2.24, 2.45) is 0 Å². The Morgan fingerprint density at radius 3 is 2.58 bits per heavy atom. The van der Waals surface area contributed by atoms with Crippen LogP contribution < -0.4 is 10.6 Å². The van der Waals surface area contributed by atoms with Crippen LogP contribution in [0.25, 0.3) is 11.4 Å². The molecule has 1 atom stereocenters. The van der Waals surface area contributed by atoms with E-state index in [1.807, 2.05) is 18.2 Å². The van der Waals surface area contributed by atoms with Gasteiger partial charge in [-0.1, -0.05) is 35.9 Å². The smallest absolute Gasteiger partial charge is 0.257 e. The quantitative estimate of drug-likeness (QED) is 0.444. The molecule has 0 spiro atoms. The summed E-state index contributed by atoms with van der Waals surface area (Å²) in [7, 11) is 0. The highest BCUT2D eigenvalue weighted by molar-refractivity contribution is 6.31. The van der Waals surface area contributed by atoms with Gasteiger partial charge in [-0.3, -0.25) is 4.79 Å². The van der Waals surface area contributed by atoms with Gasteiger partial charge in [0.2, 0.25) is 5.95 Å². The molecule has 1 aliphatic heterocycles. The number of allylic oxidation sites excluding steroid dienone is 1. The van der Waals surface area contributed by atoms with Crippen LogP contribution in [-0.2, 0) is 4.79 Å². The highest BCUT2D eigenvalue weighted by atomic mass is 35.5. The van der Waals surface area contributed by atoms with Crippen molar-refractivity contribution >= 4 is 29.3 Å². The van der Waals surface area contributed by atoms with Crippen LogP contribution in [0.4, 0.5) is 16.2 Å². The molecule has 1 amide bonds. The second-order valence-corrected chi connectivity index (χ2v) is 7.87. The number of rotatable bonds is 4. The number of hydrogen-bond donors (Lipinski definition) is 2. The number of benzene rings is 2. The average molecular weight is 461 g/mol. The van der Waals surface area contributed by atoms with Crippen molar-refractivity contribution in [3.63, 3.8) is 0 Å². The molecular formula is C24H18ClFN6O. The highest BCUT2D eigenvalue weighted by Gasteiger charge is 2.35. The Kier molecular flexibility index (Phi) is 5.35. The van der Waals surface area contributed by atoms with Gasteiger partial charge in [0.05, 0.1) is 5.57 Å². The molecule has 2 N–H and O–H groups in total. The van der Waals surface area contributed by atoms with Gasteiger partial charge in [-0.05, 0) is 49.4 Å². The Hall–Kier alpha value is -4.04. The molecule has 164 valence electrons. The van der Waals surface area contributed by atoms with E-state index in [9.17, 15) is 9.18 Å². The number of amides is 1. The summed E-state index contributed by atoms with van der Waals surface area (Å²) >= 11 is 6.55. The van der Waals surface area contributed by atoms with Crippen molar-refractivity contribution in [3.8, 4) is 11.4 Å². The number of fused-ring (bicyclic) bond motifs is 1. The molecule has 0 bridgehead atoms. The van der Waals surface area contributed by atoms with Gasteiger partial charge in [-0.25, -0.2) is 14.1 Å². The Bertz CT molecular complexity index is 1370. The van der Waals surface area contributed by atoms with Crippen LogP contribution in [0.5, 0.6) is 0 Å². The summed E-state index contributed by atoms with van der Waals surface area (Å²) in [5.74, 6) is 0.589. The van der Waals surface area contributed by atoms with E-state index in [1.165, 1.54) is 12.1 Å². The van der Waals surface area contributed by atoms with Gasteiger partial charge in [0.15, 0.2) is 5.82 Å². The lowest BCUT2D eigenvalue weighted by Gasteiger charge is -2.29. The highest BCUT2D eigenvalue weighted by Crippen LogP contribution is 2.39. The first-order valence-electron chi connectivity index (χ1n) is 10.2. The summed E-state index contributed by atoms with van der Waals surface area (Å²) in [4.78, 5) is 22.2. The summed E-state index contributed by atoms with van der Waals surface area (Å²) < 4.78 is 15.0. The minimum atomic E-state index is -0.639. The molecule has 1 aliphatic rings. The third-order valence-electron chi connectivity index (χ3n) is 5.31. The molecule has 0 aliphatic carbocycles. The SMILES string of the molecule is CC1=C(C(=O)Nc2ccccn2)C(c2ccccc2Cl)n2nc(-c3ccc(F)cc3)nc2N1. The number of pyridine rings is 1. The lowest BCUT2D eigenvalue weighted by Crippen LogP contribution is -2.31. The fourth-order valence-corrected chi connectivity index (χ4v) is 4.01. The molecule has 3 heterocycles. The molecule has 0 saturated heterocycles. The van der Waals surface area contributed by atoms with Gasteiger partial charge in [-0.2, -0.15) is 4.98 Å². The van der Waals surface area contributed by atoms with Crippen LogP contribution in [-0.4, -0.2) is 25.7 Å². The number of carbonyl (C=O) groups excluding carboxylic acids is 1. The number of aromatic nitrogens is 4. The van der Waals surface area contributed by atoms with Crippen molar-refractivity contribution in [2.45, 2.75) is 13.0 Å². The fraction of sp³-hybridized carbons (Fsp3) is 0.0833. The molecule has 4 aromatic rings. The average Bonchev–Trinajstić information content (AvgIpc) is 3.23. The van der Waals surface area contributed by atoms with Gasteiger partial charge in [0, 0.05) is 28.0 Å². The number of nitrogens with one attached hydrogen (secondary N) is 2. The Morgan fingerprint density at radius 1 is 1.09 bits per heavy atom. The molecule has 0 saturated carbocycles. The number of anilines is 2. The maximum absolute atomic E-state index is 13.4. The van der Waals surface area contributed by atoms with Gasteiger partial charge in [-0.15, -0.1) is 5.10 Å². The first-order valence-corrected chi connectivity index (χ1v) is 10.6. The second kappa shape index (κ2) is 8.48. The number of halogens is 2. The van der Waals surface area contributed by atoms with Crippen LogP contribution in [0.15, 0.2) is 84.2 Å². The van der Waals surface area contributed by atoms with Crippen molar-refractivity contribution in [3.05, 3.63) is 101 Å². The van der Waals surface area contributed by atoms with Crippen molar-refractivity contribution in [1.29, 1.82) is 0 Å². The summed E-state index contributed by atoms with van der Waals surface area (Å²) in [6, 6.07) is 17.8. The molecule has 2 aromatic carbocycles. The number of nitrogens with zero attached hydrogens (tertiary/aromatic N) is 4. The summed E-state index contributed by atoms with van der Waals surface area (Å²) in [6.07, 6.45) is 1.60. The van der Waals surface area contributed by atoms with E-state index in [1.54, 1.807) is 54.2 Å². The fourth-order valence-electron chi connectivity index (χ4n) is 3.77. The Balaban J connectivity index is 1.62. The largest absolute Gasteiger partial charge is 0.328 e. The molecular weight excluding hydrogens is 443 g/mol. The standard InChI is InChI=1S/C24H18ClFN6O/c1-14-20(23(33)29-19-8-4-5-13-27-19)21(17-6-2-3-7-18(17)25)32-24(28-14)30-22(31-32)15-9-11-16(26)12-10-15/h2-13,21H,1H3,(H,27,29,33)(H,28,30,31). The summed E-state index contributed by atoms with van der Waals surface area (Å²) in [5, 5.41) is 11.2. The predicted octanol–water partition coefficient (Wildman–Crippen LogP) is 5.06. The minimum absolute atomic E-state index is 0.340. The zero-order valence-electron chi connectivity index (χ0n) is 17.5. The minimum Gasteiger partial charge on any atom is -0.328 e. The Labute approximate surface area is 194 Å². The normalized spacial score (nSPS) is 15.1. The van der Waals surface area contributed by atoms with Crippen LogP contribution >= 0.6 is 11.6 Å². The molecule has 2 aromatic heterocycles. The van der Waals surface area contributed by atoms with E-state index < -0.39 is 6.04 Å². The number of hydrogen-bond acceptors (Lipinski definition) is 5. The van der Waals surface area contributed by atoms with Crippen LogP contribution in [0.1, 0.15) is 18.5 Å². The topological polar surface area (TPSA) is 84.7 Å². The van der Waals surface area contributed by atoms with Gasteiger partial charge < -0.3 is 10.6 Å². The molecule has 5 rings (SSSR count). The van der Waals surface area contributed by atoms with Crippen LogP contribution in [0, 0.1) is 5.82 Å². The summed E-state index contributed by atoms with van der Waals surface area (Å²) in [6.45, 7) is 1.80. The monoisotopic (exact) mass is 460 g/mol. The maximum Gasteiger partial charge on any atom is 0.257 e. The molecule has 0 fully saturated rings. The zero-order chi connectivity index (χ0) is 22.9. The third-order valence-corrected chi connectivity index (χ3v) is 5.65. The zero-order valence-corrected chi connectivity index (χ0v) is 18.2. The van der Waals surface area contributed by atoms with E-state index >= 15 is 0 Å². The lowest BCUT2D eigenvalue weighted by molar-refractivity contribution is -0.113. The van der Waals surface area contributed by atoms with E-state index in [-0.39, 0.29) is 11.7 Å². The van der Waals surface area contributed by atoms with Crippen molar-refractivity contribution in [1.82, 2.24) is 19.7 Å². The van der Waals surface area contributed by atoms with Gasteiger partial charge in [0.1, 0.15) is 17.7 Å². The first-order chi connectivity index (χ1) is 16.0. The molecule has 0 radical (unpaired) electrons. The molecule has 7 nitrogen and oxygen atoms in total. The number of carbonyl (C=O) groups is 1. The first kappa shape index (κ1) is 20.8. The Morgan fingerprint density at radius 2 is 1.85 bits per heavy atom. The van der Waals surface area contributed by atoms with Gasteiger partial charge in [0.25, 0.3) is 5.91 Å². The van der Waals surface area contributed by atoms with Crippen molar-refractivity contribution in [2.75, 3.05) is 10.6 Å². The van der Waals surface area contributed by atoms with Crippen LogP contribution in [0.3, 0.4) is 0 Å². The van der Waals surface area contributed by atoms with E-state index in [4.69, 9.17) is 11.6 Å². The van der Waals surface area contributed by atoms with Crippen molar-refractivity contribution < 1.29 is 9.18 Å². The molecule has 33 heavy (non-hydrogen) atoms. The molecule has 9 heteroatoms. The van der Waals surface area contributed by atoms with Gasteiger partial charge >= 0.3 is 0 Å². The van der Waals surface area contributed by atoms with E-state index in [2.05, 4.69) is 25.7 Å². The summed E-state index contributed by atoms with van der Waals surface area (Å²) in [5.41, 5.74) is 2.38. The van der Waals surface area contributed by atoms with E-state index in [0.717, 1.165) is 0 Å². The maximum atomic E-state index is 13.4. The third kappa shape index (κ3) is 3.96. The predicted molar refractivity (Wildman–Crippen MR) is 124 cm³/mol.